The van der Waals surface area contributed by atoms with Crippen molar-refractivity contribution in [3.05, 3.63) is 28.2 Å². The SMILES string of the molecule is O=C(CBr)CCCOc1ccc(Cl)cc1Cl. The predicted octanol–water partition coefficient (Wildman–Crippen LogP) is 4.12. The Hall–Kier alpha value is -0.250. The molecule has 0 fully saturated rings. The number of benzene rings is 1. The van der Waals surface area contributed by atoms with Crippen molar-refractivity contribution in [1.29, 1.82) is 0 Å². The Kier molecular flexibility index (Phi) is 6.17. The fourth-order valence-electron chi connectivity index (χ4n) is 1.11. The summed E-state index contributed by atoms with van der Waals surface area (Å²) >= 11 is 14.8. The van der Waals surface area contributed by atoms with Crippen molar-refractivity contribution in [2.24, 2.45) is 0 Å². The standard InChI is InChI=1S/C11H11BrCl2O2/c12-7-9(15)2-1-5-16-11-4-3-8(13)6-10(11)14/h3-4,6H,1-2,5,7H2. The first-order chi connectivity index (χ1) is 7.63. The first-order valence-electron chi connectivity index (χ1n) is 4.79. The number of carbonyl (C=O) groups excluding carboxylic acids is 1. The normalized spacial score (nSPS) is 10.2. The molecule has 0 amide bonds. The van der Waals surface area contributed by atoms with E-state index in [1.165, 1.54) is 0 Å². The van der Waals surface area contributed by atoms with Gasteiger partial charge in [-0.15, -0.1) is 0 Å². The first-order valence-corrected chi connectivity index (χ1v) is 6.66. The van der Waals surface area contributed by atoms with Crippen LogP contribution in [0.4, 0.5) is 0 Å². The van der Waals surface area contributed by atoms with Crippen LogP contribution in [0.25, 0.3) is 0 Å². The van der Waals surface area contributed by atoms with Crippen LogP contribution in [0.5, 0.6) is 5.75 Å². The van der Waals surface area contributed by atoms with Crippen LogP contribution in [0.3, 0.4) is 0 Å². The van der Waals surface area contributed by atoms with Gasteiger partial charge in [-0.3, -0.25) is 4.79 Å². The van der Waals surface area contributed by atoms with Gasteiger partial charge < -0.3 is 4.74 Å². The van der Waals surface area contributed by atoms with Crippen molar-refractivity contribution in [1.82, 2.24) is 0 Å². The van der Waals surface area contributed by atoms with Crippen molar-refractivity contribution < 1.29 is 9.53 Å². The molecule has 2 nitrogen and oxygen atoms in total. The van der Waals surface area contributed by atoms with Crippen LogP contribution in [0, 0.1) is 0 Å². The quantitative estimate of drug-likeness (QED) is 0.581. The van der Waals surface area contributed by atoms with E-state index in [4.69, 9.17) is 27.9 Å². The second kappa shape index (κ2) is 7.15. The van der Waals surface area contributed by atoms with Crippen molar-refractivity contribution in [3.8, 4) is 5.75 Å². The number of hydrogen-bond acceptors (Lipinski definition) is 2. The number of Topliss-reactive ketones (excluding diaryl/α,β-unsaturated/α-hetero) is 1. The summed E-state index contributed by atoms with van der Waals surface area (Å²) in [4.78, 5) is 11.0. The number of alkyl halides is 1. The number of carbonyl (C=O) groups is 1. The maximum atomic E-state index is 11.0. The van der Waals surface area contributed by atoms with Crippen molar-refractivity contribution in [3.63, 3.8) is 0 Å². The Balaban J connectivity index is 2.35. The molecule has 0 spiro atoms. The molecule has 0 unspecified atom stereocenters. The van der Waals surface area contributed by atoms with E-state index in [-0.39, 0.29) is 5.78 Å². The summed E-state index contributed by atoms with van der Waals surface area (Å²) < 4.78 is 5.43. The van der Waals surface area contributed by atoms with E-state index in [2.05, 4.69) is 15.9 Å². The van der Waals surface area contributed by atoms with E-state index in [9.17, 15) is 4.79 Å². The van der Waals surface area contributed by atoms with E-state index in [0.29, 0.717) is 40.6 Å². The highest BCUT2D eigenvalue weighted by Gasteiger charge is 2.03. The predicted molar refractivity (Wildman–Crippen MR) is 70.0 cm³/mol. The van der Waals surface area contributed by atoms with Gasteiger partial charge in [0.1, 0.15) is 11.5 Å². The number of ether oxygens (including phenoxy) is 1. The van der Waals surface area contributed by atoms with Crippen LogP contribution in [0.15, 0.2) is 18.2 Å². The van der Waals surface area contributed by atoms with Crippen molar-refractivity contribution in [2.75, 3.05) is 11.9 Å². The third kappa shape index (κ3) is 4.73. The van der Waals surface area contributed by atoms with E-state index >= 15 is 0 Å². The Morgan fingerprint density at radius 2 is 2.12 bits per heavy atom. The number of halogens is 3. The molecule has 0 aliphatic heterocycles. The maximum absolute atomic E-state index is 11.0. The number of ketones is 1. The van der Waals surface area contributed by atoms with Gasteiger partial charge in [-0.05, 0) is 24.6 Å². The van der Waals surface area contributed by atoms with Crippen LogP contribution < -0.4 is 4.74 Å². The summed E-state index contributed by atoms with van der Waals surface area (Å²) in [6.45, 7) is 0.472. The zero-order chi connectivity index (χ0) is 12.0. The zero-order valence-corrected chi connectivity index (χ0v) is 11.6. The highest BCUT2D eigenvalue weighted by Crippen LogP contribution is 2.27. The third-order valence-corrected chi connectivity index (χ3v) is 3.06. The largest absolute Gasteiger partial charge is 0.492 e. The van der Waals surface area contributed by atoms with E-state index in [1.807, 2.05) is 0 Å². The molecule has 0 N–H and O–H groups in total. The minimum Gasteiger partial charge on any atom is -0.492 e. The minimum absolute atomic E-state index is 0.172. The lowest BCUT2D eigenvalue weighted by Crippen LogP contribution is -2.04. The van der Waals surface area contributed by atoms with Crippen LogP contribution in [-0.2, 0) is 4.79 Å². The van der Waals surface area contributed by atoms with Crippen molar-refractivity contribution >= 4 is 44.9 Å². The summed E-state index contributed by atoms with van der Waals surface area (Å²) in [5.41, 5.74) is 0. The Labute approximate surface area is 113 Å². The number of rotatable bonds is 6. The maximum Gasteiger partial charge on any atom is 0.143 e. The van der Waals surface area contributed by atoms with E-state index in [1.54, 1.807) is 18.2 Å². The summed E-state index contributed by atoms with van der Waals surface area (Å²) in [7, 11) is 0. The number of hydrogen-bond donors (Lipinski definition) is 0. The van der Waals surface area contributed by atoms with Gasteiger partial charge in [-0.2, -0.15) is 0 Å². The summed E-state index contributed by atoms with van der Waals surface area (Å²) in [6.07, 6.45) is 1.19. The Bertz CT molecular complexity index is 369. The minimum atomic E-state index is 0.172. The summed E-state index contributed by atoms with van der Waals surface area (Å²) in [5.74, 6) is 0.767. The highest BCUT2D eigenvalue weighted by atomic mass is 79.9. The van der Waals surface area contributed by atoms with Gasteiger partial charge in [0.2, 0.25) is 0 Å². The van der Waals surface area contributed by atoms with Gasteiger partial charge in [0, 0.05) is 11.4 Å². The average Bonchev–Trinajstić information content (AvgIpc) is 2.26. The molecule has 1 aromatic carbocycles. The van der Waals surface area contributed by atoms with Crippen LogP contribution in [0.1, 0.15) is 12.8 Å². The second-order valence-corrected chi connectivity index (χ2v) is 4.60. The lowest BCUT2D eigenvalue weighted by Gasteiger charge is -2.07. The van der Waals surface area contributed by atoms with E-state index in [0.717, 1.165) is 0 Å². The van der Waals surface area contributed by atoms with Gasteiger partial charge >= 0.3 is 0 Å². The first kappa shape index (κ1) is 13.8. The van der Waals surface area contributed by atoms with E-state index < -0.39 is 0 Å². The molecule has 0 atom stereocenters. The zero-order valence-electron chi connectivity index (χ0n) is 8.51. The van der Waals surface area contributed by atoms with Crippen molar-refractivity contribution in [2.45, 2.75) is 12.8 Å². The molecule has 0 heterocycles. The molecule has 0 aliphatic carbocycles. The molecule has 0 saturated heterocycles. The molecule has 1 aromatic rings. The molecule has 1 rings (SSSR count). The van der Waals surface area contributed by atoms with Crippen LogP contribution in [0.2, 0.25) is 10.0 Å². The lowest BCUT2D eigenvalue weighted by molar-refractivity contribution is -0.116. The fraction of sp³-hybridized carbons (Fsp3) is 0.364. The molecule has 0 radical (unpaired) electrons. The Morgan fingerprint density at radius 3 is 2.75 bits per heavy atom. The molecule has 0 aliphatic rings. The fourth-order valence-corrected chi connectivity index (χ4v) is 1.85. The van der Waals surface area contributed by atoms with Gasteiger partial charge in [0.15, 0.2) is 0 Å². The van der Waals surface area contributed by atoms with Crippen LogP contribution in [-0.4, -0.2) is 17.7 Å². The molecule has 88 valence electrons. The lowest BCUT2D eigenvalue weighted by atomic mass is 10.2. The van der Waals surface area contributed by atoms with Gasteiger partial charge in [0.05, 0.1) is 17.0 Å². The monoisotopic (exact) mass is 324 g/mol. The molecule has 0 bridgehead atoms. The highest BCUT2D eigenvalue weighted by molar-refractivity contribution is 9.09. The molecule has 0 saturated carbocycles. The van der Waals surface area contributed by atoms with Crippen LogP contribution >= 0.6 is 39.1 Å². The Morgan fingerprint density at radius 1 is 1.38 bits per heavy atom. The topological polar surface area (TPSA) is 26.3 Å². The average molecular weight is 326 g/mol. The molecule has 0 aromatic heterocycles. The smallest absolute Gasteiger partial charge is 0.143 e. The second-order valence-electron chi connectivity index (χ2n) is 3.20. The van der Waals surface area contributed by atoms with Gasteiger partial charge in [-0.25, -0.2) is 0 Å². The summed E-state index contributed by atoms with van der Waals surface area (Å²) in [5, 5.41) is 1.46. The summed E-state index contributed by atoms with van der Waals surface area (Å²) in [6, 6.07) is 5.06. The molecular weight excluding hydrogens is 315 g/mol. The third-order valence-electron chi connectivity index (χ3n) is 1.90. The molecule has 16 heavy (non-hydrogen) atoms. The van der Waals surface area contributed by atoms with Gasteiger partial charge in [-0.1, -0.05) is 39.1 Å². The van der Waals surface area contributed by atoms with Gasteiger partial charge in [0.25, 0.3) is 0 Å². The molecule has 5 heteroatoms. The molecular formula is C11H11BrCl2O2.